The Balaban J connectivity index is 0. The molecule has 0 fully saturated rings. The van der Waals surface area contributed by atoms with E-state index in [1.807, 2.05) is 0 Å². The molecule has 0 aliphatic rings. The predicted molar refractivity (Wildman–Crippen MR) is 37.3 cm³/mol. The Morgan fingerprint density at radius 2 is 2.11 bits per heavy atom. The van der Waals surface area contributed by atoms with Crippen molar-refractivity contribution in [2.24, 2.45) is 5.73 Å². The number of nitrogens with two attached hydrogens (primary N) is 1. The van der Waals surface area contributed by atoms with Crippen LogP contribution in [-0.2, 0) is 9.53 Å². The van der Waals surface area contributed by atoms with Gasteiger partial charge in [-0.3, -0.25) is 0 Å². The smallest absolute Gasteiger partial charge is 0.116 e. The lowest BCUT2D eigenvalue weighted by Crippen LogP contribution is -2.01. The van der Waals surface area contributed by atoms with Crippen LogP contribution in [0.1, 0.15) is 13.3 Å². The molecule has 0 aromatic rings. The molecule has 2 N–H and O–H groups in total. The van der Waals surface area contributed by atoms with Gasteiger partial charge in [0.05, 0.1) is 0 Å². The van der Waals surface area contributed by atoms with Crippen LogP contribution in [0.3, 0.4) is 0 Å². The summed E-state index contributed by atoms with van der Waals surface area (Å²) in [4.78, 5) is 8.81. The van der Waals surface area contributed by atoms with Gasteiger partial charge in [-0.05, 0) is 19.9 Å². The Hall–Kier alpha value is -0.410. The highest BCUT2D eigenvalue weighted by atomic mass is 16.5. The van der Waals surface area contributed by atoms with Gasteiger partial charge >= 0.3 is 0 Å². The predicted octanol–water partition coefficient (Wildman–Crippen LogP) is 0.187. The SMILES string of the molecule is CC=O.COCCCN. The van der Waals surface area contributed by atoms with Crippen molar-refractivity contribution in [3.05, 3.63) is 0 Å². The monoisotopic (exact) mass is 133 g/mol. The van der Waals surface area contributed by atoms with Crippen molar-refractivity contribution in [3.8, 4) is 0 Å². The second kappa shape index (κ2) is 15.6. The fourth-order valence-electron chi connectivity index (χ4n) is 0.228. The number of carbonyl (C=O) groups excluding carboxylic acids is 1. The fraction of sp³-hybridized carbons (Fsp3) is 0.833. The molecular formula is C6H15NO2. The Labute approximate surface area is 56.2 Å². The minimum absolute atomic E-state index is 0.730. The van der Waals surface area contributed by atoms with Gasteiger partial charge in [0.2, 0.25) is 0 Å². The first-order chi connectivity index (χ1) is 4.33. The zero-order chi connectivity index (χ0) is 7.54. The van der Waals surface area contributed by atoms with Gasteiger partial charge in [-0.25, -0.2) is 0 Å². The molecule has 0 aromatic heterocycles. The zero-order valence-corrected chi connectivity index (χ0v) is 6.09. The Morgan fingerprint density at radius 1 is 1.67 bits per heavy atom. The molecule has 0 aliphatic heterocycles. The van der Waals surface area contributed by atoms with E-state index in [2.05, 4.69) is 0 Å². The molecule has 0 heterocycles. The number of carbonyl (C=O) groups is 1. The van der Waals surface area contributed by atoms with E-state index in [0.29, 0.717) is 0 Å². The van der Waals surface area contributed by atoms with Gasteiger partial charge in [0, 0.05) is 13.7 Å². The van der Waals surface area contributed by atoms with Crippen LogP contribution in [0.4, 0.5) is 0 Å². The van der Waals surface area contributed by atoms with Crippen LogP contribution < -0.4 is 5.73 Å². The van der Waals surface area contributed by atoms with Crippen LogP contribution in [0.2, 0.25) is 0 Å². The lowest BCUT2D eigenvalue weighted by atomic mass is 10.5. The third kappa shape index (κ3) is 35.4. The Morgan fingerprint density at radius 3 is 2.22 bits per heavy atom. The summed E-state index contributed by atoms with van der Waals surface area (Å²) >= 11 is 0. The molecule has 0 saturated heterocycles. The summed E-state index contributed by atoms with van der Waals surface area (Å²) in [5, 5.41) is 0. The molecule has 0 spiro atoms. The summed E-state index contributed by atoms with van der Waals surface area (Å²) in [6, 6.07) is 0. The van der Waals surface area contributed by atoms with Crippen LogP contribution in [0.15, 0.2) is 0 Å². The minimum atomic E-state index is 0.730. The zero-order valence-electron chi connectivity index (χ0n) is 6.09. The molecule has 0 amide bonds. The molecule has 3 nitrogen and oxygen atoms in total. The van der Waals surface area contributed by atoms with E-state index in [1.165, 1.54) is 6.92 Å². The minimum Gasteiger partial charge on any atom is -0.385 e. The summed E-state index contributed by atoms with van der Waals surface area (Å²) in [7, 11) is 1.68. The highest BCUT2D eigenvalue weighted by Crippen LogP contribution is 1.70. The van der Waals surface area contributed by atoms with Gasteiger partial charge in [-0.2, -0.15) is 0 Å². The molecule has 0 aliphatic carbocycles. The summed E-state index contributed by atoms with van der Waals surface area (Å²) < 4.78 is 4.70. The van der Waals surface area contributed by atoms with E-state index in [-0.39, 0.29) is 0 Å². The van der Waals surface area contributed by atoms with Gasteiger partial charge in [0.25, 0.3) is 0 Å². The molecule has 0 atom stereocenters. The molecule has 0 unspecified atom stereocenters. The van der Waals surface area contributed by atoms with E-state index in [0.717, 1.165) is 25.9 Å². The van der Waals surface area contributed by atoms with Crippen LogP contribution >= 0.6 is 0 Å². The van der Waals surface area contributed by atoms with Crippen LogP contribution in [0, 0.1) is 0 Å². The standard InChI is InChI=1S/C4H11NO.C2H4O/c1-6-4-2-3-5;1-2-3/h2-5H2,1H3;2H,1H3. The number of rotatable bonds is 3. The maximum atomic E-state index is 8.81. The van der Waals surface area contributed by atoms with E-state index < -0.39 is 0 Å². The average molecular weight is 133 g/mol. The van der Waals surface area contributed by atoms with Gasteiger partial charge in [0.1, 0.15) is 6.29 Å². The quantitative estimate of drug-likeness (QED) is 0.441. The van der Waals surface area contributed by atoms with Gasteiger partial charge in [-0.1, -0.05) is 0 Å². The van der Waals surface area contributed by atoms with Crippen LogP contribution in [0.5, 0.6) is 0 Å². The van der Waals surface area contributed by atoms with Crippen LogP contribution in [0.25, 0.3) is 0 Å². The number of hydrogen-bond donors (Lipinski definition) is 1. The summed E-state index contributed by atoms with van der Waals surface area (Å²) in [5.41, 5.74) is 5.13. The number of aldehydes is 1. The highest BCUT2D eigenvalue weighted by Gasteiger charge is 1.74. The Bertz CT molecular complexity index is 44.3. The Kier molecular flexibility index (Phi) is 19.8. The van der Waals surface area contributed by atoms with Crippen molar-refractivity contribution in [1.82, 2.24) is 0 Å². The molecule has 0 rings (SSSR count). The molecule has 56 valence electrons. The first-order valence-corrected chi connectivity index (χ1v) is 2.92. The van der Waals surface area contributed by atoms with E-state index in [4.69, 9.17) is 15.3 Å². The van der Waals surface area contributed by atoms with Crippen molar-refractivity contribution in [2.75, 3.05) is 20.3 Å². The van der Waals surface area contributed by atoms with E-state index in [9.17, 15) is 0 Å². The van der Waals surface area contributed by atoms with Crippen molar-refractivity contribution in [3.63, 3.8) is 0 Å². The lowest BCUT2D eigenvalue weighted by molar-refractivity contribution is -0.106. The van der Waals surface area contributed by atoms with Gasteiger partial charge < -0.3 is 15.3 Å². The average Bonchev–Trinajstić information content (AvgIpc) is 1.86. The normalized spacial score (nSPS) is 7.44. The van der Waals surface area contributed by atoms with E-state index in [1.54, 1.807) is 7.11 Å². The number of ether oxygens (including phenoxy) is 1. The summed E-state index contributed by atoms with van der Waals surface area (Å²) in [6.45, 7) is 2.96. The largest absolute Gasteiger partial charge is 0.385 e. The fourth-order valence-corrected chi connectivity index (χ4v) is 0.228. The molecule has 0 saturated carbocycles. The molecule has 3 heteroatoms. The highest BCUT2D eigenvalue weighted by molar-refractivity contribution is 5.44. The number of methoxy groups -OCH3 is 1. The van der Waals surface area contributed by atoms with Gasteiger partial charge in [0.15, 0.2) is 0 Å². The first kappa shape index (κ1) is 11.4. The van der Waals surface area contributed by atoms with Crippen molar-refractivity contribution in [2.45, 2.75) is 13.3 Å². The second-order valence-electron chi connectivity index (χ2n) is 1.37. The maximum absolute atomic E-state index is 8.81. The third-order valence-electron chi connectivity index (χ3n) is 0.553. The molecular weight excluding hydrogens is 118 g/mol. The van der Waals surface area contributed by atoms with E-state index >= 15 is 0 Å². The molecule has 0 bridgehead atoms. The van der Waals surface area contributed by atoms with Crippen molar-refractivity contribution in [1.29, 1.82) is 0 Å². The first-order valence-electron chi connectivity index (χ1n) is 2.92. The summed E-state index contributed by atoms with van der Waals surface area (Å²) in [5.74, 6) is 0. The maximum Gasteiger partial charge on any atom is 0.116 e. The third-order valence-corrected chi connectivity index (χ3v) is 0.553. The van der Waals surface area contributed by atoms with Crippen molar-refractivity contribution < 1.29 is 9.53 Å². The lowest BCUT2D eigenvalue weighted by Gasteiger charge is -1.89. The number of hydrogen-bond acceptors (Lipinski definition) is 3. The molecule has 9 heavy (non-hydrogen) atoms. The van der Waals surface area contributed by atoms with Crippen molar-refractivity contribution >= 4 is 6.29 Å². The molecule has 0 radical (unpaired) electrons. The van der Waals surface area contributed by atoms with Gasteiger partial charge in [-0.15, -0.1) is 0 Å². The topological polar surface area (TPSA) is 52.3 Å². The molecule has 0 aromatic carbocycles. The second-order valence-corrected chi connectivity index (χ2v) is 1.37. The summed E-state index contributed by atoms with van der Waals surface area (Å²) in [6.07, 6.45) is 1.72. The van der Waals surface area contributed by atoms with Crippen LogP contribution in [-0.4, -0.2) is 26.5 Å².